The van der Waals surface area contributed by atoms with Gasteiger partial charge < -0.3 is 0 Å². The molecule has 0 aliphatic carbocycles. The molecule has 104 valence electrons. The van der Waals surface area contributed by atoms with Crippen LogP contribution in [0.5, 0.6) is 0 Å². The van der Waals surface area contributed by atoms with Crippen molar-refractivity contribution >= 4 is 39.3 Å². The maximum Gasteiger partial charge on any atom is 0.253 e. The summed E-state index contributed by atoms with van der Waals surface area (Å²) in [5, 5.41) is 0.763. The van der Waals surface area contributed by atoms with Crippen LogP contribution in [0.2, 0.25) is 5.02 Å². The quantitative estimate of drug-likeness (QED) is 0.647. The van der Waals surface area contributed by atoms with Gasteiger partial charge in [-0.3, -0.25) is 9.78 Å². The van der Waals surface area contributed by atoms with Crippen molar-refractivity contribution in [3.63, 3.8) is 0 Å². The fourth-order valence-electron chi connectivity index (χ4n) is 2.21. The number of carbonyl (C=O) groups is 1. The number of pyridine rings is 2. The van der Waals surface area contributed by atoms with Crippen molar-refractivity contribution in [2.75, 3.05) is 0 Å². The highest BCUT2D eigenvalue weighted by Gasteiger charge is 2.15. The molecule has 0 radical (unpaired) electrons. The van der Waals surface area contributed by atoms with Gasteiger partial charge in [0, 0.05) is 22.2 Å². The molecule has 2 heterocycles. The minimum atomic E-state index is -0.527. The summed E-state index contributed by atoms with van der Waals surface area (Å²) in [5.74, 6) is 0. The van der Waals surface area contributed by atoms with Gasteiger partial charge in [-0.05, 0) is 48.4 Å². The molecule has 0 aliphatic heterocycles. The zero-order valence-corrected chi connectivity index (χ0v) is 12.6. The lowest BCUT2D eigenvalue weighted by Crippen LogP contribution is -1.98. The van der Waals surface area contributed by atoms with Crippen LogP contribution < -0.4 is 0 Å². The number of halogens is 2. The Morgan fingerprint density at radius 2 is 1.95 bits per heavy atom. The second-order valence-corrected chi connectivity index (χ2v) is 5.36. The summed E-state index contributed by atoms with van der Waals surface area (Å²) in [6, 6.07) is 10.7. The molecule has 0 N–H and O–H groups in total. The maximum atomic E-state index is 11.7. The number of aromatic nitrogens is 2. The molecule has 0 saturated carbocycles. The number of carbonyl (C=O) groups excluding carboxylic acids is 1. The Morgan fingerprint density at radius 3 is 2.62 bits per heavy atom. The summed E-state index contributed by atoms with van der Waals surface area (Å²) in [5.41, 5.74) is 3.15. The third-order valence-electron chi connectivity index (χ3n) is 3.31. The van der Waals surface area contributed by atoms with Gasteiger partial charge in [0.15, 0.2) is 0 Å². The molecular formula is C16H10Cl2N2O. The van der Waals surface area contributed by atoms with Crippen molar-refractivity contribution in [3.8, 4) is 11.4 Å². The van der Waals surface area contributed by atoms with E-state index >= 15 is 0 Å². The Balaban J connectivity index is 2.39. The topological polar surface area (TPSA) is 42.9 Å². The van der Waals surface area contributed by atoms with Crippen LogP contribution in [0.3, 0.4) is 0 Å². The lowest BCUT2D eigenvalue weighted by molar-refractivity contribution is 0.108. The van der Waals surface area contributed by atoms with E-state index in [0.29, 0.717) is 32.9 Å². The van der Waals surface area contributed by atoms with E-state index in [1.165, 1.54) is 0 Å². The van der Waals surface area contributed by atoms with Crippen molar-refractivity contribution in [2.24, 2.45) is 0 Å². The Hall–Kier alpha value is -1.97. The Bertz CT molecular complexity index is 848. The first-order valence-corrected chi connectivity index (χ1v) is 7.04. The van der Waals surface area contributed by atoms with Gasteiger partial charge in [-0.15, -0.1) is 0 Å². The molecule has 0 unspecified atom stereocenters. The van der Waals surface area contributed by atoms with Gasteiger partial charge in [0.05, 0.1) is 16.9 Å². The Labute approximate surface area is 131 Å². The van der Waals surface area contributed by atoms with E-state index < -0.39 is 5.24 Å². The van der Waals surface area contributed by atoms with Crippen molar-refractivity contribution in [3.05, 3.63) is 58.7 Å². The van der Waals surface area contributed by atoms with Gasteiger partial charge in [0.25, 0.3) is 5.24 Å². The molecule has 0 fully saturated rings. The first kappa shape index (κ1) is 14.0. The zero-order valence-electron chi connectivity index (χ0n) is 11.1. The molecule has 0 saturated heterocycles. The van der Waals surface area contributed by atoms with Crippen molar-refractivity contribution in [1.82, 2.24) is 9.97 Å². The standard InChI is InChI=1S/C16H10Cl2N2O/c1-9-12(17)6-5-10-11(16(18)21)8-14(20-15(9)10)13-4-2-3-7-19-13/h2-8H,1H3. The molecule has 0 atom stereocenters. The monoisotopic (exact) mass is 316 g/mol. The Kier molecular flexibility index (Phi) is 3.62. The first-order valence-electron chi connectivity index (χ1n) is 6.29. The average Bonchev–Trinajstić information content (AvgIpc) is 2.51. The van der Waals surface area contributed by atoms with Gasteiger partial charge in [0.2, 0.25) is 0 Å². The SMILES string of the molecule is Cc1c(Cl)ccc2c(C(=O)Cl)cc(-c3ccccn3)nc12. The second kappa shape index (κ2) is 5.43. The van der Waals surface area contributed by atoms with E-state index in [4.69, 9.17) is 23.2 Å². The molecule has 1 aromatic carbocycles. The molecule has 3 nitrogen and oxygen atoms in total. The number of hydrogen-bond donors (Lipinski definition) is 0. The predicted octanol–water partition coefficient (Wildman–Crippen LogP) is 4.64. The maximum absolute atomic E-state index is 11.7. The van der Waals surface area contributed by atoms with Gasteiger partial charge in [-0.25, -0.2) is 4.98 Å². The summed E-state index contributed by atoms with van der Waals surface area (Å²) in [6.45, 7) is 1.86. The van der Waals surface area contributed by atoms with Crippen LogP contribution in [0.1, 0.15) is 15.9 Å². The number of rotatable bonds is 2. The number of aryl methyl sites for hydroxylation is 1. The molecule has 0 spiro atoms. The van der Waals surface area contributed by atoms with E-state index in [9.17, 15) is 4.79 Å². The largest absolute Gasteiger partial charge is 0.276 e. The molecule has 3 rings (SSSR count). The van der Waals surface area contributed by atoms with Crippen molar-refractivity contribution in [2.45, 2.75) is 6.92 Å². The molecule has 3 aromatic rings. The number of nitrogens with zero attached hydrogens (tertiary/aromatic N) is 2. The average molecular weight is 317 g/mol. The van der Waals surface area contributed by atoms with E-state index in [0.717, 1.165) is 5.56 Å². The van der Waals surface area contributed by atoms with E-state index in [-0.39, 0.29) is 0 Å². The van der Waals surface area contributed by atoms with Crippen LogP contribution in [-0.2, 0) is 0 Å². The van der Waals surface area contributed by atoms with Crippen molar-refractivity contribution < 1.29 is 4.79 Å². The predicted molar refractivity (Wildman–Crippen MR) is 84.9 cm³/mol. The van der Waals surface area contributed by atoms with Crippen LogP contribution in [0.4, 0.5) is 0 Å². The number of fused-ring (bicyclic) bond motifs is 1. The summed E-state index contributed by atoms with van der Waals surface area (Å²) in [7, 11) is 0. The van der Waals surface area contributed by atoms with E-state index in [1.807, 2.05) is 25.1 Å². The van der Waals surface area contributed by atoms with E-state index in [2.05, 4.69) is 9.97 Å². The summed E-state index contributed by atoms with van der Waals surface area (Å²) in [6.07, 6.45) is 1.67. The number of hydrogen-bond acceptors (Lipinski definition) is 3. The zero-order chi connectivity index (χ0) is 15.0. The smallest absolute Gasteiger partial charge is 0.253 e. The van der Waals surface area contributed by atoms with Crippen LogP contribution in [0.15, 0.2) is 42.6 Å². The lowest BCUT2D eigenvalue weighted by Gasteiger charge is -2.09. The summed E-state index contributed by atoms with van der Waals surface area (Å²) >= 11 is 11.9. The third-order valence-corrected chi connectivity index (χ3v) is 3.92. The van der Waals surface area contributed by atoms with Gasteiger partial charge >= 0.3 is 0 Å². The Morgan fingerprint density at radius 1 is 1.14 bits per heavy atom. The first-order chi connectivity index (χ1) is 10.1. The summed E-state index contributed by atoms with van der Waals surface area (Å²) < 4.78 is 0. The minimum Gasteiger partial charge on any atom is -0.276 e. The molecule has 0 aliphatic rings. The molecule has 5 heteroatoms. The van der Waals surface area contributed by atoms with Gasteiger partial charge in [0.1, 0.15) is 0 Å². The second-order valence-electron chi connectivity index (χ2n) is 4.61. The highest BCUT2D eigenvalue weighted by atomic mass is 35.5. The molecule has 2 aromatic heterocycles. The molecule has 0 amide bonds. The molecule has 21 heavy (non-hydrogen) atoms. The fraction of sp³-hybridized carbons (Fsp3) is 0.0625. The fourth-order valence-corrected chi connectivity index (χ4v) is 2.52. The molecular weight excluding hydrogens is 307 g/mol. The number of benzene rings is 1. The van der Waals surface area contributed by atoms with Crippen LogP contribution in [0.25, 0.3) is 22.3 Å². The normalized spacial score (nSPS) is 10.8. The summed E-state index contributed by atoms with van der Waals surface area (Å²) in [4.78, 5) is 20.6. The van der Waals surface area contributed by atoms with Crippen LogP contribution in [-0.4, -0.2) is 15.2 Å². The van der Waals surface area contributed by atoms with Crippen molar-refractivity contribution in [1.29, 1.82) is 0 Å². The van der Waals surface area contributed by atoms with Crippen LogP contribution >= 0.6 is 23.2 Å². The van der Waals surface area contributed by atoms with Gasteiger partial charge in [-0.1, -0.05) is 23.7 Å². The minimum absolute atomic E-state index is 0.405. The van der Waals surface area contributed by atoms with Crippen LogP contribution in [0, 0.1) is 6.92 Å². The highest BCUT2D eigenvalue weighted by molar-refractivity contribution is 6.68. The highest BCUT2D eigenvalue weighted by Crippen LogP contribution is 2.30. The third kappa shape index (κ3) is 2.50. The molecule has 0 bridgehead atoms. The lowest BCUT2D eigenvalue weighted by atomic mass is 10.0. The van der Waals surface area contributed by atoms with Gasteiger partial charge in [-0.2, -0.15) is 0 Å². The van der Waals surface area contributed by atoms with E-state index in [1.54, 1.807) is 24.4 Å².